The molecule has 19 heavy (non-hydrogen) atoms. The number of ether oxygens (including phenoxy) is 1. The monoisotopic (exact) mass is 260 g/mol. The second-order valence-corrected chi connectivity index (χ2v) is 3.94. The Morgan fingerprint density at radius 2 is 2.16 bits per heavy atom. The summed E-state index contributed by atoms with van der Waals surface area (Å²) in [6.07, 6.45) is 0. The minimum absolute atomic E-state index is 0.211. The molecule has 0 spiro atoms. The van der Waals surface area contributed by atoms with Crippen LogP contribution in [0.1, 0.15) is 5.56 Å². The predicted octanol–water partition coefficient (Wildman–Crippen LogP) is 1.73. The number of nitrogens with two attached hydrogens (primary N) is 1. The molecule has 0 aliphatic carbocycles. The van der Waals surface area contributed by atoms with Crippen LogP contribution < -0.4 is 16.0 Å². The molecule has 0 saturated carbocycles. The quantitative estimate of drug-likeness (QED) is 0.816. The first-order valence-electron chi connectivity index (χ1n) is 5.45. The van der Waals surface area contributed by atoms with Crippen molar-refractivity contribution in [2.45, 2.75) is 6.92 Å². The van der Waals surface area contributed by atoms with E-state index in [0.29, 0.717) is 11.3 Å². The third-order valence-corrected chi connectivity index (χ3v) is 2.62. The van der Waals surface area contributed by atoms with Gasteiger partial charge in [0, 0.05) is 0 Å². The van der Waals surface area contributed by atoms with Gasteiger partial charge in [-0.3, -0.25) is 4.79 Å². The van der Waals surface area contributed by atoms with Gasteiger partial charge in [-0.05, 0) is 24.2 Å². The first-order valence-corrected chi connectivity index (χ1v) is 5.45. The number of hydrogen-bond donors (Lipinski definition) is 2. The summed E-state index contributed by atoms with van der Waals surface area (Å²) in [5.41, 5.74) is 5.99. The Morgan fingerprint density at radius 1 is 1.42 bits per heavy atom. The second kappa shape index (κ2) is 4.89. The topological polar surface area (TPSA) is 110 Å². The van der Waals surface area contributed by atoms with Crippen molar-refractivity contribution in [3.63, 3.8) is 0 Å². The van der Waals surface area contributed by atoms with Crippen LogP contribution in [0.15, 0.2) is 28.2 Å². The first-order chi connectivity index (χ1) is 9.06. The highest BCUT2D eigenvalue weighted by atomic mass is 16.5. The van der Waals surface area contributed by atoms with E-state index in [1.165, 1.54) is 7.11 Å². The summed E-state index contributed by atoms with van der Waals surface area (Å²) < 4.78 is 5.20. The summed E-state index contributed by atoms with van der Waals surface area (Å²) in [5.74, 6) is 0.563. The molecule has 0 amide bonds. The molecule has 0 fully saturated rings. The summed E-state index contributed by atoms with van der Waals surface area (Å²) in [5, 5.41) is 2.55. The fourth-order valence-corrected chi connectivity index (χ4v) is 1.71. The number of nitrogen functional groups attached to an aromatic ring is 1. The van der Waals surface area contributed by atoms with Crippen molar-refractivity contribution < 1.29 is 4.74 Å². The van der Waals surface area contributed by atoms with Gasteiger partial charge in [0.05, 0.1) is 12.7 Å². The van der Waals surface area contributed by atoms with Crippen molar-refractivity contribution in [1.82, 2.24) is 9.97 Å². The van der Waals surface area contributed by atoms with Crippen molar-refractivity contribution in [3.05, 3.63) is 39.0 Å². The van der Waals surface area contributed by atoms with Crippen molar-refractivity contribution in [2.24, 2.45) is 5.18 Å². The lowest BCUT2D eigenvalue weighted by atomic mass is 10.1. The number of nitrogens with one attached hydrogen (secondary N) is 1. The summed E-state index contributed by atoms with van der Waals surface area (Å²) >= 11 is 0. The van der Waals surface area contributed by atoms with Crippen LogP contribution in [0.2, 0.25) is 0 Å². The molecule has 0 aliphatic rings. The molecular weight excluding hydrogens is 248 g/mol. The minimum Gasteiger partial charge on any atom is -0.496 e. The van der Waals surface area contributed by atoms with Crippen molar-refractivity contribution in [3.8, 4) is 17.1 Å². The molecule has 7 nitrogen and oxygen atoms in total. The van der Waals surface area contributed by atoms with Gasteiger partial charge in [-0.25, -0.2) is 4.98 Å². The van der Waals surface area contributed by atoms with Gasteiger partial charge in [-0.2, -0.15) is 0 Å². The lowest BCUT2D eigenvalue weighted by Crippen LogP contribution is -2.12. The molecule has 2 aromatic rings. The Labute approximate surface area is 108 Å². The third kappa shape index (κ3) is 2.30. The van der Waals surface area contributed by atoms with Gasteiger partial charge in [0.1, 0.15) is 11.6 Å². The van der Waals surface area contributed by atoms with Gasteiger partial charge in [0.2, 0.25) is 5.69 Å². The minimum atomic E-state index is -0.680. The van der Waals surface area contributed by atoms with Crippen LogP contribution in [-0.2, 0) is 0 Å². The smallest absolute Gasteiger partial charge is 0.282 e. The first kappa shape index (κ1) is 12.7. The number of nitrogens with zero attached hydrogens (tertiary/aromatic N) is 2. The number of H-pyrrole nitrogens is 1. The number of aryl methyl sites for hydroxylation is 1. The molecule has 0 saturated heterocycles. The summed E-state index contributed by atoms with van der Waals surface area (Å²) in [7, 11) is 1.51. The average Bonchev–Trinajstić information content (AvgIpc) is 2.38. The van der Waals surface area contributed by atoms with Gasteiger partial charge in [0.25, 0.3) is 5.56 Å². The maximum Gasteiger partial charge on any atom is 0.282 e. The molecule has 3 N–H and O–H groups in total. The fraction of sp³-hybridized carbons (Fsp3) is 0.167. The molecule has 0 bridgehead atoms. The van der Waals surface area contributed by atoms with E-state index in [2.05, 4.69) is 15.1 Å². The van der Waals surface area contributed by atoms with Gasteiger partial charge in [-0.15, -0.1) is 4.91 Å². The zero-order chi connectivity index (χ0) is 14.0. The molecule has 1 aromatic heterocycles. The number of benzene rings is 1. The van der Waals surface area contributed by atoms with E-state index in [9.17, 15) is 9.70 Å². The van der Waals surface area contributed by atoms with Crippen molar-refractivity contribution >= 4 is 11.5 Å². The van der Waals surface area contributed by atoms with Gasteiger partial charge in [0.15, 0.2) is 5.82 Å². The molecule has 0 radical (unpaired) electrons. The number of anilines is 1. The van der Waals surface area contributed by atoms with Gasteiger partial charge in [-0.1, -0.05) is 11.6 Å². The van der Waals surface area contributed by atoms with Crippen LogP contribution in [0.5, 0.6) is 5.75 Å². The van der Waals surface area contributed by atoms with E-state index >= 15 is 0 Å². The molecule has 1 heterocycles. The SMILES string of the molecule is COc1ccc(C)cc1-c1nc(N)c(N=O)c(=O)[nH]1. The maximum atomic E-state index is 11.6. The molecule has 2 rings (SSSR count). The van der Waals surface area contributed by atoms with Gasteiger partial charge < -0.3 is 15.5 Å². The van der Waals surface area contributed by atoms with E-state index in [0.717, 1.165) is 5.56 Å². The molecular formula is C12H12N4O3. The molecule has 7 heteroatoms. The van der Waals surface area contributed by atoms with Crippen LogP contribution >= 0.6 is 0 Å². The molecule has 0 aliphatic heterocycles. The molecule has 0 atom stereocenters. The molecule has 98 valence electrons. The summed E-state index contributed by atoms with van der Waals surface area (Å²) in [6, 6.07) is 5.42. The summed E-state index contributed by atoms with van der Waals surface area (Å²) in [6.45, 7) is 1.89. The normalized spacial score (nSPS) is 10.2. The van der Waals surface area contributed by atoms with Crippen LogP contribution in [0.25, 0.3) is 11.4 Å². The number of rotatable bonds is 3. The number of methoxy groups -OCH3 is 1. The number of hydrogen-bond acceptors (Lipinski definition) is 6. The second-order valence-electron chi connectivity index (χ2n) is 3.94. The highest BCUT2D eigenvalue weighted by Crippen LogP contribution is 2.29. The fourth-order valence-electron chi connectivity index (χ4n) is 1.71. The van der Waals surface area contributed by atoms with E-state index in [4.69, 9.17) is 10.5 Å². The van der Waals surface area contributed by atoms with Crippen LogP contribution in [0, 0.1) is 11.8 Å². The van der Waals surface area contributed by atoms with E-state index in [-0.39, 0.29) is 11.6 Å². The van der Waals surface area contributed by atoms with Crippen molar-refractivity contribution in [1.29, 1.82) is 0 Å². The predicted molar refractivity (Wildman–Crippen MR) is 71.5 cm³/mol. The zero-order valence-corrected chi connectivity index (χ0v) is 10.4. The standard InChI is InChI=1S/C12H12N4O3/c1-6-3-4-8(19-2)7(5-6)11-14-10(13)9(16-18)12(17)15-11/h3-5H,1-2H3,(H3,13,14,15,17). The number of aromatic nitrogens is 2. The summed E-state index contributed by atoms with van der Waals surface area (Å²) in [4.78, 5) is 28.5. The highest BCUT2D eigenvalue weighted by Gasteiger charge is 2.13. The molecule has 1 aromatic carbocycles. The van der Waals surface area contributed by atoms with Crippen LogP contribution in [0.4, 0.5) is 11.5 Å². The van der Waals surface area contributed by atoms with E-state index < -0.39 is 11.2 Å². The Balaban J connectivity index is 2.69. The average molecular weight is 260 g/mol. The largest absolute Gasteiger partial charge is 0.496 e. The lowest BCUT2D eigenvalue weighted by molar-refractivity contribution is 0.416. The maximum absolute atomic E-state index is 11.6. The lowest BCUT2D eigenvalue weighted by Gasteiger charge is -2.09. The highest BCUT2D eigenvalue weighted by molar-refractivity contribution is 5.68. The zero-order valence-electron chi connectivity index (χ0n) is 10.4. The van der Waals surface area contributed by atoms with E-state index in [1.807, 2.05) is 13.0 Å². The third-order valence-electron chi connectivity index (χ3n) is 2.62. The van der Waals surface area contributed by atoms with Crippen LogP contribution in [0.3, 0.4) is 0 Å². The van der Waals surface area contributed by atoms with Gasteiger partial charge >= 0.3 is 0 Å². The van der Waals surface area contributed by atoms with Crippen LogP contribution in [-0.4, -0.2) is 17.1 Å². The van der Waals surface area contributed by atoms with Crippen molar-refractivity contribution in [2.75, 3.05) is 12.8 Å². The molecule has 0 unspecified atom stereocenters. The van der Waals surface area contributed by atoms with E-state index in [1.54, 1.807) is 12.1 Å². The number of aromatic amines is 1. The Morgan fingerprint density at radius 3 is 2.74 bits per heavy atom. The Bertz CT molecular complexity index is 694. The Hall–Kier alpha value is -2.70. The Kier molecular flexibility index (Phi) is 3.28. The number of nitroso groups, excluding NO2 is 1.